The summed E-state index contributed by atoms with van der Waals surface area (Å²) in [6, 6.07) is 0. The Morgan fingerprint density at radius 1 is 1.41 bits per heavy atom. The molecule has 1 atom stereocenters. The maximum Gasteiger partial charge on any atom is 0.165 e. The summed E-state index contributed by atoms with van der Waals surface area (Å²) in [6.07, 6.45) is 5.13. The van der Waals surface area contributed by atoms with Crippen LogP contribution < -0.4 is 11.1 Å². The Morgan fingerprint density at radius 3 is 3.05 bits per heavy atom. The summed E-state index contributed by atoms with van der Waals surface area (Å²) in [5, 5.41) is 14.4. The van der Waals surface area contributed by atoms with E-state index in [9.17, 15) is 0 Å². The van der Waals surface area contributed by atoms with Crippen LogP contribution in [-0.2, 0) is 4.74 Å². The van der Waals surface area contributed by atoms with Gasteiger partial charge in [0, 0.05) is 30.4 Å². The highest BCUT2D eigenvalue weighted by molar-refractivity contribution is 9.10. The monoisotopic (exact) mass is 363 g/mol. The number of aromatic amines is 1. The summed E-state index contributed by atoms with van der Waals surface area (Å²) >= 11 is 3.52. The van der Waals surface area contributed by atoms with Crippen molar-refractivity contribution in [1.29, 1.82) is 0 Å². The number of rotatable bonds is 2. The fourth-order valence-corrected chi connectivity index (χ4v) is 3.08. The molecule has 8 nitrogen and oxygen atoms in total. The number of halogens is 1. The third-order valence-electron chi connectivity index (χ3n) is 3.69. The van der Waals surface area contributed by atoms with Gasteiger partial charge >= 0.3 is 0 Å². The van der Waals surface area contributed by atoms with Crippen molar-refractivity contribution in [2.24, 2.45) is 0 Å². The van der Waals surface area contributed by atoms with Gasteiger partial charge in [0.2, 0.25) is 0 Å². The van der Waals surface area contributed by atoms with Crippen LogP contribution in [0.15, 0.2) is 23.1 Å². The molecule has 22 heavy (non-hydrogen) atoms. The van der Waals surface area contributed by atoms with Crippen molar-refractivity contribution in [1.82, 2.24) is 30.1 Å². The number of nitrogens with two attached hydrogens (primary N) is 1. The molecule has 4 N–H and O–H groups in total. The van der Waals surface area contributed by atoms with E-state index in [2.05, 4.69) is 36.5 Å². The number of anilines is 1. The Kier molecular flexibility index (Phi) is 3.32. The van der Waals surface area contributed by atoms with Crippen LogP contribution in [0.25, 0.3) is 16.8 Å². The molecule has 1 unspecified atom stereocenters. The summed E-state index contributed by atoms with van der Waals surface area (Å²) in [5.41, 5.74) is 9.46. The van der Waals surface area contributed by atoms with Crippen LogP contribution in [-0.4, -0.2) is 44.5 Å². The SMILES string of the molecule is Nc1c(Br)c(C2CNCCO2)nc2c(-c3cn[nH]c3)cnn12. The molecule has 0 radical (unpaired) electrons. The third kappa shape index (κ3) is 2.09. The van der Waals surface area contributed by atoms with Gasteiger partial charge < -0.3 is 15.8 Å². The Balaban J connectivity index is 1.90. The van der Waals surface area contributed by atoms with Crippen LogP contribution >= 0.6 is 15.9 Å². The van der Waals surface area contributed by atoms with Crippen molar-refractivity contribution < 1.29 is 4.74 Å². The van der Waals surface area contributed by atoms with Gasteiger partial charge in [-0.15, -0.1) is 0 Å². The van der Waals surface area contributed by atoms with E-state index in [0.717, 1.165) is 27.8 Å². The first-order chi connectivity index (χ1) is 10.8. The number of nitrogen functional groups attached to an aromatic ring is 1. The minimum Gasteiger partial charge on any atom is -0.383 e. The number of nitrogens with one attached hydrogen (secondary N) is 2. The Bertz CT molecular complexity index is 808. The average Bonchev–Trinajstić information content (AvgIpc) is 3.20. The van der Waals surface area contributed by atoms with Crippen molar-refractivity contribution in [2.75, 3.05) is 25.4 Å². The summed E-state index contributed by atoms with van der Waals surface area (Å²) < 4.78 is 8.13. The van der Waals surface area contributed by atoms with Crippen molar-refractivity contribution in [2.45, 2.75) is 6.10 Å². The molecule has 4 rings (SSSR count). The van der Waals surface area contributed by atoms with Crippen molar-refractivity contribution >= 4 is 27.4 Å². The number of morpholine rings is 1. The second-order valence-corrected chi connectivity index (χ2v) is 5.83. The highest BCUT2D eigenvalue weighted by Crippen LogP contribution is 2.33. The van der Waals surface area contributed by atoms with Gasteiger partial charge in [-0.2, -0.15) is 14.7 Å². The number of ether oxygens (including phenoxy) is 1. The molecule has 0 spiro atoms. The first-order valence-electron chi connectivity index (χ1n) is 6.90. The predicted molar refractivity (Wildman–Crippen MR) is 84.2 cm³/mol. The molecule has 9 heteroatoms. The van der Waals surface area contributed by atoms with Gasteiger partial charge in [-0.3, -0.25) is 5.10 Å². The smallest absolute Gasteiger partial charge is 0.165 e. The van der Waals surface area contributed by atoms with Gasteiger partial charge in [0.25, 0.3) is 0 Å². The third-order valence-corrected chi connectivity index (χ3v) is 4.50. The lowest BCUT2D eigenvalue weighted by Crippen LogP contribution is -2.34. The molecule has 1 fully saturated rings. The zero-order valence-corrected chi connectivity index (χ0v) is 13.2. The lowest BCUT2D eigenvalue weighted by Gasteiger charge is -2.24. The van der Waals surface area contributed by atoms with Gasteiger partial charge in [0.1, 0.15) is 11.9 Å². The zero-order valence-electron chi connectivity index (χ0n) is 11.6. The van der Waals surface area contributed by atoms with Crippen LogP contribution in [0.4, 0.5) is 5.82 Å². The zero-order chi connectivity index (χ0) is 15.1. The van der Waals surface area contributed by atoms with Gasteiger partial charge in [-0.1, -0.05) is 0 Å². The Labute approximate surface area is 134 Å². The van der Waals surface area contributed by atoms with Gasteiger partial charge in [0.15, 0.2) is 5.65 Å². The second-order valence-electron chi connectivity index (χ2n) is 5.04. The van der Waals surface area contributed by atoms with E-state index in [1.165, 1.54) is 0 Å². The van der Waals surface area contributed by atoms with Crippen molar-refractivity contribution in [3.63, 3.8) is 0 Å². The Hall–Kier alpha value is -1.97. The number of aromatic nitrogens is 5. The molecule has 0 saturated carbocycles. The first-order valence-corrected chi connectivity index (χ1v) is 7.69. The normalized spacial score (nSPS) is 18.9. The molecule has 0 amide bonds. The summed E-state index contributed by atoms with van der Waals surface area (Å²) in [6.45, 7) is 2.20. The lowest BCUT2D eigenvalue weighted by molar-refractivity contribution is 0.0247. The molecule has 1 aliphatic heterocycles. The molecule has 114 valence electrons. The summed E-state index contributed by atoms with van der Waals surface area (Å²) in [4.78, 5) is 4.74. The topological polar surface area (TPSA) is 106 Å². The average molecular weight is 364 g/mol. The quantitative estimate of drug-likeness (QED) is 0.629. The first kappa shape index (κ1) is 13.7. The maximum absolute atomic E-state index is 6.21. The predicted octanol–water partition coefficient (Wildman–Crippen LogP) is 1.12. The van der Waals surface area contributed by atoms with Crippen LogP contribution in [0.1, 0.15) is 11.8 Å². The van der Waals surface area contributed by atoms with Crippen LogP contribution in [0.3, 0.4) is 0 Å². The van der Waals surface area contributed by atoms with E-state index >= 15 is 0 Å². The molecule has 4 heterocycles. The largest absolute Gasteiger partial charge is 0.383 e. The minimum absolute atomic E-state index is 0.137. The fraction of sp³-hybridized carbons (Fsp3) is 0.308. The molecule has 0 bridgehead atoms. The highest BCUT2D eigenvalue weighted by atomic mass is 79.9. The number of H-pyrrole nitrogens is 1. The standard InChI is InChI=1S/C13H14BrN7O/c14-10-11(9-6-16-1-2-22-9)20-13-8(7-3-17-18-4-7)5-19-21(13)12(10)15/h3-5,9,16H,1-2,6,15H2,(H,17,18). The van der Waals surface area contributed by atoms with E-state index in [1.807, 2.05) is 0 Å². The number of hydrogen-bond acceptors (Lipinski definition) is 6. The van der Waals surface area contributed by atoms with E-state index in [1.54, 1.807) is 23.1 Å². The molecule has 1 aliphatic rings. The molecule has 3 aromatic heterocycles. The molecule has 1 saturated heterocycles. The molecule has 0 aliphatic carbocycles. The van der Waals surface area contributed by atoms with Gasteiger partial charge in [-0.05, 0) is 15.9 Å². The van der Waals surface area contributed by atoms with Gasteiger partial charge in [-0.25, -0.2) is 4.98 Å². The van der Waals surface area contributed by atoms with Crippen molar-refractivity contribution in [3.05, 3.63) is 28.8 Å². The van der Waals surface area contributed by atoms with Gasteiger partial charge in [0.05, 0.1) is 29.2 Å². The van der Waals surface area contributed by atoms with Crippen LogP contribution in [0.2, 0.25) is 0 Å². The van der Waals surface area contributed by atoms with E-state index in [4.69, 9.17) is 15.5 Å². The number of hydrogen-bond donors (Lipinski definition) is 3. The highest BCUT2D eigenvalue weighted by Gasteiger charge is 2.24. The lowest BCUT2D eigenvalue weighted by atomic mass is 10.2. The second kappa shape index (κ2) is 5.34. The maximum atomic E-state index is 6.21. The van der Waals surface area contributed by atoms with Crippen molar-refractivity contribution in [3.8, 4) is 11.1 Å². The number of fused-ring (bicyclic) bond motifs is 1. The minimum atomic E-state index is -0.137. The molecular weight excluding hydrogens is 350 g/mol. The van der Waals surface area contributed by atoms with Crippen LogP contribution in [0.5, 0.6) is 0 Å². The Morgan fingerprint density at radius 2 is 2.32 bits per heavy atom. The summed E-state index contributed by atoms with van der Waals surface area (Å²) in [5.74, 6) is 0.504. The van der Waals surface area contributed by atoms with Crippen LogP contribution in [0, 0.1) is 0 Å². The fourth-order valence-electron chi connectivity index (χ4n) is 2.57. The molecule has 3 aromatic rings. The summed E-state index contributed by atoms with van der Waals surface area (Å²) in [7, 11) is 0. The van der Waals surface area contributed by atoms with E-state index in [-0.39, 0.29) is 6.10 Å². The van der Waals surface area contributed by atoms with E-state index < -0.39 is 0 Å². The number of nitrogens with zero attached hydrogens (tertiary/aromatic N) is 4. The molecular formula is C13H14BrN7O. The molecule has 0 aromatic carbocycles. The van der Waals surface area contributed by atoms with E-state index in [0.29, 0.717) is 24.6 Å².